The Morgan fingerprint density at radius 3 is 3.04 bits per heavy atom. The number of H-pyrrole nitrogens is 1. The van der Waals surface area contributed by atoms with Crippen LogP contribution >= 0.6 is 11.6 Å². The van der Waals surface area contributed by atoms with E-state index in [-0.39, 0.29) is 24.2 Å². The molecule has 2 amide bonds. The molecule has 2 aromatic rings. The molecule has 136 valence electrons. The molecule has 1 N–H and O–H groups in total. The van der Waals surface area contributed by atoms with Gasteiger partial charge in [0.05, 0.1) is 42.3 Å². The molecule has 26 heavy (non-hydrogen) atoms. The van der Waals surface area contributed by atoms with Gasteiger partial charge in [0.15, 0.2) is 0 Å². The van der Waals surface area contributed by atoms with Crippen molar-refractivity contribution in [1.82, 2.24) is 14.9 Å². The predicted molar refractivity (Wildman–Crippen MR) is 96.2 cm³/mol. The summed E-state index contributed by atoms with van der Waals surface area (Å²) >= 11 is 6.17. The number of ether oxygens (including phenoxy) is 1. The first-order chi connectivity index (χ1) is 12.6. The number of aromatic nitrogens is 2. The highest BCUT2D eigenvalue weighted by atomic mass is 35.5. The molecule has 7 nitrogen and oxygen atoms in total. The Bertz CT molecular complexity index is 866. The number of anilines is 1. The lowest BCUT2D eigenvalue weighted by molar-refractivity contribution is -0.136. The number of hydrogen-bond donors (Lipinski definition) is 1. The van der Waals surface area contributed by atoms with Gasteiger partial charge in [-0.3, -0.25) is 9.59 Å². The van der Waals surface area contributed by atoms with E-state index in [0.717, 1.165) is 17.8 Å². The first kappa shape index (κ1) is 16.9. The van der Waals surface area contributed by atoms with Crippen molar-refractivity contribution in [3.63, 3.8) is 0 Å². The Morgan fingerprint density at radius 1 is 1.42 bits per heavy atom. The first-order valence-corrected chi connectivity index (χ1v) is 8.88. The van der Waals surface area contributed by atoms with Gasteiger partial charge < -0.3 is 19.5 Å². The van der Waals surface area contributed by atoms with Gasteiger partial charge in [-0.15, -0.1) is 0 Å². The molecule has 1 aromatic heterocycles. The average Bonchev–Trinajstić information content (AvgIpc) is 3.26. The fraction of sp³-hybridized carbons (Fsp3) is 0.389. The van der Waals surface area contributed by atoms with Crippen LogP contribution in [0.4, 0.5) is 5.69 Å². The maximum Gasteiger partial charge on any atom is 0.228 e. The molecule has 0 saturated carbocycles. The predicted octanol–water partition coefficient (Wildman–Crippen LogP) is 2.01. The van der Waals surface area contributed by atoms with Crippen LogP contribution in [0.2, 0.25) is 5.02 Å². The number of fused-ring (bicyclic) bond motifs is 1. The summed E-state index contributed by atoms with van der Waals surface area (Å²) in [6.07, 6.45) is 2.62. The largest absolute Gasteiger partial charge is 0.495 e. The Morgan fingerprint density at radius 2 is 2.27 bits per heavy atom. The second kappa shape index (κ2) is 6.64. The van der Waals surface area contributed by atoms with Crippen molar-refractivity contribution in [2.24, 2.45) is 5.92 Å². The van der Waals surface area contributed by atoms with Crippen molar-refractivity contribution in [2.45, 2.75) is 19.4 Å². The van der Waals surface area contributed by atoms with E-state index >= 15 is 0 Å². The number of benzene rings is 1. The topological polar surface area (TPSA) is 78.5 Å². The van der Waals surface area contributed by atoms with Crippen LogP contribution in [-0.4, -0.2) is 46.9 Å². The molecule has 0 radical (unpaired) electrons. The number of nitrogens with one attached hydrogen (secondary N) is 1. The SMILES string of the molecule is COc1ccc(N2CC(C(=O)N3CCc4nc[nH]c4C3)CC2=O)cc1Cl. The van der Waals surface area contributed by atoms with E-state index in [9.17, 15) is 9.59 Å². The number of aromatic amines is 1. The third-order valence-electron chi connectivity index (χ3n) is 5.01. The van der Waals surface area contributed by atoms with Gasteiger partial charge in [-0.2, -0.15) is 0 Å². The zero-order valence-corrected chi connectivity index (χ0v) is 15.1. The minimum Gasteiger partial charge on any atom is -0.495 e. The van der Waals surface area contributed by atoms with Gasteiger partial charge in [-0.1, -0.05) is 11.6 Å². The number of methoxy groups -OCH3 is 1. The molecule has 0 bridgehead atoms. The summed E-state index contributed by atoms with van der Waals surface area (Å²) in [6.45, 7) is 1.52. The second-order valence-electron chi connectivity index (χ2n) is 6.56. The Labute approximate surface area is 155 Å². The number of nitrogens with zero attached hydrogens (tertiary/aromatic N) is 3. The van der Waals surface area contributed by atoms with Crippen molar-refractivity contribution in [3.05, 3.63) is 40.9 Å². The second-order valence-corrected chi connectivity index (χ2v) is 6.97. The quantitative estimate of drug-likeness (QED) is 0.891. The molecular formula is C18H19ClN4O3. The molecule has 0 aliphatic carbocycles. The summed E-state index contributed by atoms with van der Waals surface area (Å²) in [5.41, 5.74) is 2.68. The first-order valence-electron chi connectivity index (χ1n) is 8.50. The Balaban J connectivity index is 1.47. The number of carbonyl (C=O) groups is 2. The molecule has 0 spiro atoms. The van der Waals surface area contributed by atoms with E-state index in [1.807, 2.05) is 4.90 Å². The molecule has 1 unspecified atom stereocenters. The van der Waals surface area contributed by atoms with Crippen molar-refractivity contribution in [3.8, 4) is 5.75 Å². The maximum absolute atomic E-state index is 12.9. The van der Waals surface area contributed by atoms with Crippen LogP contribution in [0.5, 0.6) is 5.75 Å². The van der Waals surface area contributed by atoms with E-state index in [1.165, 1.54) is 0 Å². The van der Waals surface area contributed by atoms with E-state index in [1.54, 1.807) is 36.5 Å². The normalized spacial score (nSPS) is 19.6. The van der Waals surface area contributed by atoms with Crippen molar-refractivity contribution >= 4 is 29.1 Å². The van der Waals surface area contributed by atoms with Crippen LogP contribution in [0.25, 0.3) is 0 Å². The highest BCUT2D eigenvalue weighted by molar-refractivity contribution is 6.32. The zero-order chi connectivity index (χ0) is 18.3. The fourth-order valence-electron chi connectivity index (χ4n) is 3.60. The molecule has 8 heteroatoms. The molecule has 2 aliphatic rings. The lowest BCUT2D eigenvalue weighted by atomic mass is 10.0. The Hall–Kier alpha value is -2.54. The number of imidazole rings is 1. The third kappa shape index (κ3) is 2.92. The van der Waals surface area contributed by atoms with E-state index < -0.39 is 0 Å². The van der Waals surface area contributed by atoms with Crippen molar-refractivity contribution in [2.75, 3.05) is 25.1 Å². The van der Waals surface area contributed by atoms with Gasteiger partial charge in [0, 0.05) is 31.6 Å². The lowest BCUT2D eigenvalue weighted by Crippen LogP contribution is -2.40. The summed E-state index contributed by atoms with van der Waals surface area (Å²) < 4.78 is 5.15. The zero-order valence-electron chi connectivity index (χ0n) is 14.4. The standard InChI is InChI=1S/C18H19ClN4O3/c1-26-16-3-2-12(7-13(16)19)23-8-11(6-17(23)24)18(25)22-5-4-14-15(9-22)21-10-20-14/h2-3,7,10-11H,4-6,8-9H2,1H3,(H,20,21). The van der Waals surface area contributed by atoms with Crippen LogP contribution in [0.3, 0.4) is 0 Å². The van der Waals surface area contributed by atoms with Gasteiger partial charge in [-0.25, -0.2) is 4.98 Å². The van der Waals surface area contributed by atoms with Gasteiger partial charge in [0.2, 0.25) is 11.8 Å². The fourth-order valence-corrected chi connectivity index (χ4v) is 3.86. The minimum atomic E-state index is -0.340. The number of carbonyl (C=O) groups excluding carboxylic acids is 2. The van der Waals surface area contributed by atoms with Crippen LogP contribution in [0.15, 0.2) is 24.5 Å². The van der Waals surface area contributed by atoms with E-state index in [2.05, 4.69) is 9.97 Å². The van der Waals surface area contributed by atoms with Crippen LogP contribution in [0, 0.1) is 5.92 Å². The van der Waals surface area contributed by atoms with E-state index in [0.29, 0.717) is 36.1 Å². The maximum atomic E-state index is 12.9. The summed E-state index contributed by atoms with van der Waals surface area (Å²) in [4.78, 5) is 36.1. The van der Waals surface area contributed by atoms with Gasteiger partial charge in [-0.05, 0) is 18.2 Å². The molecule has 2 aliphatic heterocycles. The number of rotatable bonds is 3. The number of amides is 2. The highest BCUT2D eigenvalue weighted by Gasteiger charge is 2.38. The third-order valence-corrected chi connectivity index (χ3v) is 5.30. The molecule has 1 atom stereocenters. The van der Waals surface area contributed by atoms with Gasteiger partial charge in [0.25, 0.3) is 0 Å². The number of hydrogen-bond acceptors (Lipinski definition) is 4. The summed E-state index contributed by atoms with van der Waals surface area (Å²) in [5.74, 6) is 0.163. The molecular weight excluding hydrogens is 356 g/mol. The molecule has 1 aromatic carbocycles. The van der Waals surface area contributed by atoms with Crippen LogP contribution < -0.4 is 9.64 Å². The highest BCUT2D eigenvalue weighted by Crippen LogP contribution is 2.33. The number of halogens is 1. The lowest BCUT2D eigenvalue weighted by Gasteiger charge is -2.28. The van der Waals surface area contributed by atoms with Crippen LogP contribution in [0.1, 0.15) is 17.8 Å². The minimum absolute atomic E-state index is 0.0145. The summed E-state index contributed by atoms with van der Waals surface area (Å²) in [7, 11) is 1.54. The molecule has 1 fully saturated rings. The van der Waals surface area contributed by atoms with Crippen molar-refractivity contribution in [1.29, 1.82) is 0 Å². The van der Waals surface area contributed by atoms with Crippen molar-refractivity contribution < 1.29 is 14.3 Å². The average molecular weight is 375 g/mol. The summed E-state index contributed by atoms with van der Waals surface area (Å²) in [6, 6.07) is 5.21. The summed E-state index contributed by atoms with van der Waals surface area (Å²) in [5, 5.41) is 0.440. The van der Waals surface area contributed by atoms with Gasteiger partial charge in [0.1, 0.15) is 5.75 Å². The molecule has 4 rings (SSSR count). The van der Waals surface area contributed by atoms with Crippen LogP contribution in [-0.2, 0) is 22.6 Å². The smallest absolute Gasteiger partial charge is 0.228 e. The van der Waals surface area contributed by atoms with E-state index in [4.69, 9.17) is 16.3 Å². The Kier molecular flexibility index (Phi) is 4.32. The van der Waals surface area contributed by atoms with Gasteiger partial charge >= 0.3 is 0 Å². The molecule has 3 heterocycles. The monoisotopic (exact) mass is 374 g/mol. The molecule has 1 saturated heterocycles.